The summed E-state index contributed by atoms with van der Waals surface area (Å²) in [6.45, 7) is 4.23. The van der Waals surface area contributed by atoms with Crippen LogP contribution in [0.4, 0.5) is 0 Å². The molecule has 1 rings (SSSR count). The van der Waals surface area contributed by atoms with Crippen LogP contribution in [0.15, 0.2) is 0 Å². The van der Waals surface area contributed by atoms with E-state index in [0.717, 1.165) is 13.3 Å². The van der Waals surface area contributed by atoms with Gasteiger partial charge in [-0.05, 0) is 13.3 Å². The standard InChI is InChI=1S/C11H18O6/c1-3-15-11(5-4-6-16-11)17-8-7-14-10(13)9(2)12/h3-8H2,1-2H3. The van der Waals surface area contributed by atoms with Crippen LogP contribution in [0.5, 0.6) is 0 Å². The molecule has 0 bridgehead atoms. The molecule has 17 heavy (non-hydrogen) atoms. The first-order chi connectivity index (χ1) is 8.09. The van der Waals surface area contributed by atoms with Crippen molar-refractivity contribution < 1.29 is 28.5 Å². The lowest BCUT2D eigenvalue weighted by atomic mass is 10.3. The van der Waals surface area contributed by atoms with E-state index in [1.165, 1.54) is 0 Å². The van der Waals surface area contributed by atoms with Crippen molar-refractivity contribution in [1.82, 2.24) is 0 Å². The predicted octanol–water partition coefficient (Wildman–Crippen LogP) is 0.636. The van der Waals surface area contributed by atoms with E-state index in [-0.39, 0.29) is 13.2 Å². The molecule has 1 fully saturated rings. The van der Waals surface area contributed by atoms with Crippen LogP contribution in [-0.4, -0.2) is 44.2 Å². The molecule has 98 valence electrons. The maximum atomic E-state index is 10.9. The van der Waals surface area contributed by atoms with E-state index in [2.05, 4.69) is 4.74 Å². The third-order valence-electron chi connectivity index (χ3n) is 2.24. The van der Waals surface area contributed by atoms with E-state index in [4.69, 9.17) is 14.2 Å². The van der Waals surface area contributed by atoms with Gasteiger partial charge in [-0.15, -0.1) is 0 Å². The fraction of sp³-hybridized carbons (Fsp3) is 0.818. The zero-order valence-electron chi connectivity index (χ0n) is 10.2. The third kappa shape index (κ3) is 4.41. The van der Waals surface area contributed by atoms with Gasteiger partial charge < -0.3 is 18.9 Å². The van der Waals surface area contributed by atoms with Gasteiger partial charge in [0.1, 0.15) is 6.61 Å². The SMILES string of the molecule is CCOC1(OCCOC(=O)C(C)=O)CCCO1. The van der Waals surface area contributed by atoms with Crippen molar-refractivity contribution in [3.05, 3.63) is 0 Å². The van der Waals surface area contributed by atoms with Crippen LogP contribution in [0.3, 0.4) is 0 Å². The summed E-state index contributed by atoms with van der Waals surface area (Å²) in [6.07, 6.45) is 1.52. The predicted molar refractivity (Wildman–Crippen MR) is 57.1 cm³/mol. The summed E-state index contributed by atoms with van der Waals surface area (Å²) in [5, 5.41) is 0. The fourth-order valence-corrected chi connectivity index (χ4v) is 1.51. The Kier molecular flexibility index (Phi) is 5.54. The molecule has 1 atom stereocenters. The molecule has 0 radical (unpaired) electrons. The van der Waals surface area contributed by atoms with Gasteiger partial charge in [-0.3, -0.25) is 4.79 Å². The maximum Gasteiger partial charge on any atom is 0.374 e. The van der Waals surface area contributed by atoms with Gasteiger partial charge in [0.2, 0.25) is 5.78 Å². The topological polar surface area (TPSA) is 71.1 Å². The molecule has 1 unspecified atom stereocenters. The Morgan fingerprint density at radius 2 is 2.06 bits per heavy atom. The second kappa shape index (κ2) is 6.68. The molecule has 1 heterocycles. The summed E-state index contributed by atoms with van der Waals surface area (Å²) >= 11 is 0. The summed E-state index contributed by atoms with van der Waals surface area (Å²) in [4.78, 5) is 21.4. The fourth-order valence-electron chi connectivity index (χ4n) is 1.51. The number of esters is 1. The second-order valence-electron chi connectivity index (χ2n) is 3.61. The van der Waals surface area contributed by atoms with Gasteiger partial charge in [-0.2, -0.15) is 0 Å². The average Bonchev–Trinajstić information content (AvgIpc) is 2.73. The highest BCUT2D eigenvalue weighted by molar-refractivity contribution is 6.32. The first kappa shape index (κ1) is 14.1. The smallest absolute Gasteiger partial charge is 0.374 e. The van der Waals surface area contributed by atoms with Crippen LogP contribution >= 0.6 is 0 Å². The van der Waals surface area contributed by atoms with E-state index in [1.54, 1.807) is 0 Å². The number of hydrogen-bond donors (Lipinski definition) is 0. The number of ether oxygens (including phenoxy) is 4. The summed E-state index contributed by atoms with van der Waals surface area (Å²) in [7, 11) is 0. The molecular formula is C11H18O6. The number of Topliss-reactive ketones (excluding diaryl/α,β-unsaturated/α-hetero) is 1. The van der Waals surface area contributed by atoms with E-state index < -0.39 is 17.7 Å². The summed E-state index contributed by atoms with van der Waals surface area (Å²) < 4.78 is 20.9. The number of carbonyl (C=O) groups is 2. The lowest BCUT2D eigenvalue weighted by Crippen LogP contribution is -2.36. The molecule has 6 heteroatoms. The summed E-state index contributed by atoms with van der Waals surface area (Å²) in [6, 6.07) is 0. The maximum absolute atomic E-state index is 10.9. The first-order valence-corrected chi connectivity index (χ1v) is 5.69. The monoisotopic (exact) mass is 246 g/mol. The Balaban J connectivity index is 2.24. The van der Waals surface area contributed by atoms with Crippen LogP contribution in [0, 0.1) is 0 Å². The number of carbonyl (C=O) groups excluding carboxylic acids is 2. The van der Waals surface area contributed by atoms with Crippen molar-refractivity contribution in [2.24, 2.45) is 0 Å². The Morgan fingerprint density at radius 3 is 2.59 bits per heavy atom. The highest BCUT2D eigenvalue weighted by Gasteiger charge is 2.37. The third-order valence-corrected chi connectivity index (χ3v) is 2.24. The number of hydrogen-bond acceptors (Lipinski definition) is 6. The van der Waals surface area contributed by atoms with Crippen molar-refractivity contribution in [3.8, 4) is 0 Å². The van der Waals surface area contributed by atoms with Gasteiger partial charge in [0.15, 0.2) is 0 Å². The minimum atomic E-state index is -1.00. The number of ketones is 1. The van der Waals surface area contributed by atoms with Gasteiger partial charge in [-0.1, -0.05) is 0 Å². The van der Waals surface area contributed by atoms with E-state index in [9.17, 15) is 9.59 Å². The average molecular weight is 246 g/mol. The lowest BCUT2D eigenvalue weighted by Gasteiger charge is -2.27. The second-order valence-corrected chi connectivity index (χ2v) is 3.61. The van der Waals surface area contributed by atoms with Crippen molar-refractivity contribution in [2.75, 3.05) is 26.4 Å². The normalized spacial score (nSPS) is 23.6. The first-order valence-electron chi connectivity index (χ1n) is 5.69. The van der Waals surface area contributed by atoms with Crippen molar-refractivity contribution in [2.45, 2.75) is 32.7 Å². The van der Waals surface area contributed by atoms with E-state index >= 15 is 0 Å². The van der Waals surface area contributed by atoms with Crippen LogP contribution in [0.2, 0.25) is 0 Å². The minimum absolute atomic E-state index is 0.0105. The molecule has 0 spiro atoms. The number of rotatable bonds is 7. The molecular weight excluding hydrogens is 228 g/mol. The summed E-state index contributed by atoms with van der Waals surface area (Å²) in [5.41, 5.74) is 0. The van der Waals surface area contributed by atoms with Gasteiger partial charge >= 0.3 is 5.97 Å². The van der Waals surface area contributed by atoms with Crippen molar-refractivity contribution in [3.63, 3.8) is 0 Å². The Bertz CT molecular complexity index is 269. The van der Waals surface area contributed by atoms with Gasteiger partial charge in [-0.25, -0.2) is 4.79 Å². The Morgan fingerprint density at radius 1 is 1.29 bits per heavy atom. The minimum Gasteiger partial charge on any atom is -0.458 e. The zero-order valence-corrected chi connectivity index (χ0v) is 10.2. The largest absolute Gasteiger partial charge is 0.458 e. The molecule has 1 aliphatic rings. The van der Waals surface area contributed by atoms with Crippen LogP contribution in [0.25, 0.3) is 0 Å². The van der Waals surface area contributed by atoms with E-state index in [0.29, 0.717) is 19.6 Å². The molecule has 6 nitrogen and oxygen atoms in total. The zero-order chi connectivity index (χ0) is 12.7. The molecule has 0 aromatic carbocycles. The molecule has 0 aromatic rings. The van der Waals surface area contributed by atoms with Crippen molar-refractivity contribution in [1.29, 1.82) is 0 Å². The van der Waals surface area contributed by atoms with Crippen molar-refractivity contribution >= 4 is 11.8 Å². The van der Waals surface area contributed by atoms with Crippen LogP contribution in [0.1, 0.15) is 26.7 Å². The van der Waals surface area contributed by atoms with Gasteiger partial charge in [0.05, 0.1) is 13.2 Å². The summed E-state index contributed by atoms with van der Waals surface area (Å²) in [5.74, 6) is -2.48. The highest BCUT2D eigenvalue weighted by Crippen LogP contribution is 2.28. The van der Waals surface area contributed by atoms with E-state index in [1.807, 2.05) is 6.92 Å². The molecule has 1 saturated heterocycles. The lowest BCUT2D eigenvalue weighted by molar-refractivity contribution is -0.360. The molecule has 0 N–H and O–H groups in total. The van der Waals surface area contributed by atoms with Crippen LogP contribution in [-0.2, 0) is 28.5 Å². The highest BCUT2D eigenvalue weighted by atomic mass is 16.9. The molecule has 1 aliphatic heterocycles. The van der Waals surface area contributed by atoms with Gasteiger partial charge in [0, 0.05) is 20.0 Å². The molecule has 0 saturated carbocycles. The molecule has 0 aromatic heterocycles. The van der Waals surface area contributed by atoms with Gasteiger partial charge in [0.25, 0.3) is 5.97 Å². The quantitative estimate of drug-likeness (QED) is 0.284. The Labute approximate surface area is 100 Å². The van der Waals surface area contributed by atoms with Crippen LogP contribution < -0.4 is 0 Å². The Hall–Kier alpha value is -0.980. The molecule has 0 aliphatic carbocycles. The molecule has 0 amide bonds.